The smallest absolute Gasteiger partial charge is 0.172 e. The van der Waals surface area contributed by atoms with Gasteiger partial charge in [-0.1, -0.05) is 140 Å². The van der Waals surface area contributed by atoms with Gasteiger partial charge in [0.25, 0.3) is 0 Å². The van der Waals surface area contributed by atoms with E-state index in [1.54, 1.807) is 0 Å². The van der Waals surface area contributed by atoms with E-state index in [0.29, 0.717) is 11.1 Å². The Bertz CT molecular complexity index is 2060. The van der Waals surface area contributed by atoms with Crippen molar-refractivity contribution in [2.75, 3.05) is 0 Å². The fraction of sp³-hybridized carbons (Fsp3) is 0.0256. The average molecular weight is 611 g/mol. The molecular weight excluding hydrogens is 586 g/mol. The summed E-state index contributed by atoms with van der Waals surface area (Å²) in [7, 11) is 0. The molecule has 6 heteroatoms. The second kappa shape index (κ2) is 12.0. The van der Waals surface area contributed by atoms with Crippen LogP contribution < -0.4 is 0 Å². The van der Waals surface area contributed by atoms with Crippen molar-refractivity contribution in [3.05, 3.63) is 179 Å². The molecule has 0 radical (unpaired) electrons. The van der Waals surface area contributed by atoms with Crippen molar-refractivity contribution in [1.29, 1.82) is 0 Å². The van der Waals surface area contributed by atoms with Gasteiger partial charge in [0.05, 0.1) is 17.3 Å². The maximum absolute atomic E-state index is 13.1. The first-order chi connectivity index (χ1) is 22.0. The van der Waals surface area contributed by atoms with Gasteiger partial charge in [0.2, 0.25) is 0 Å². The molecule has 0 unspecified atom stereocenters. The highest BCUT2D eigenvalue weighted by Gasteiger charge is 2.30. The fourth-order valence-corrected chi connectivity index (χ4v) is 6.29. The Morgan fingerprint density at radius 3 is 1.16 bits per heavy atom. The van der Waals surface area contributed by atoms with E-state index in [0.717, 1.165) is 79.5 Å². The minimum Gasteiger partial charge on any atom is -0.172 e. The molecule has 0 aliphatic heterocycles. The topological polar surface area (TPSA) is 25.8 Å². The Kier molecular flexibility index (Phi) is 7.57. The summed E-state index contributed by atoms with van der Waals surface area (Å²) < 4.78 is 48.5. The maximum Gasteiger partial charge on any atom is 0.416 e. The number of aromatic nitrogens is 2. The SMILES string of the molecule is FC(F)(F)c1ccc(-c2ccc(-c3ccc(C(=C(c4ccccc4)c4ccccc4)c4ccccc4)cc3)c3nsnc23)cc1. The molecule has 7 rings (SSSR count). The molecule has 0 aliphatic rings. The van der Waals surface area contributed by atoms with Gasteiger partial charge in [0.1, 0.15) is 11.0 Å². The van der Waals surface area contributed by atoms with Gasteiger partial charge < -0.3 is 0 Å². The fourth-order valence-electron chi connectivity index (χ4n) is 5.71. The van der Waals surface area contributed by atoms with E-state index in [9.17, 15) is 13.2 Å². The normalized spacial score (nSPS) is 11.4. The third-order valence-corrected chi connectivity index (χ3v) is 8.39. The molecule has 218 valence electrons. The molecule has 0 saturated heterocycles. The van der Waals surface area contributed by atoms with E-state index >= 15 is 0 Å². The predicted octanol–water partition coefficient (Wildman–Crippen LogP) is 11.1. The summed E-state index contributed by atoms with van der Waals surface area (Å²) in [5.41, 5.74) is 10.7. The van der Waals surface area contributed by atoms with Crippen LogP contribution in [0.15, 0.2) is 152 Å². The zero-order chi connectivity index (χ0) is 30.8. The Labute approximate surface area is 263 Å². The van der Waals surface area contributed by atoms with Crippen molar-refractivity contribution in [3.63, 3.8) is 0 Å². The third-order valence-electron chi connectivity index (χ3n) is 7.86. The lowest BCUT2D eigenvalue weighted by Gasteiger charge is -2.18. The number of halogens is 3. The molecule has 2 nitrogen and oxygen atoms in total. The van der Waals surface area contributed by atoms with Gasteiger partial charge in [-0.15, -0.1) is 0 Å². The highest BCUT2D eigenvalue weighted by molar-refractivity contribution is 7.00. The minimum atomic E-state index is -4.38. The van der Waals surface area contributed by atoms with Crippen molar-refractivity contribution in [2.45, 2.75) is 6.18 Å². The van der Waals surface area contributed by atoms with E-state index in [1.807, 2.05) is 30.3 Å². The van der Waals surface area contributed by atoms with Crippen LogP contribution >= 0.6 is 11.7 Å². The van der Waals surface area contributed by atoms with Crippen LogP contribution in [0.3, 0.4) is 0 Å². The van der Waals surface area contributed by atoms with Gasteiger partial charge >= 0.3 is 6.18 Å². The lowest BCUT2D eigenvalue weighted by Crippen LogP contribution is -2.04. The molecule has 1 heterocycles. The second-order valence-electron chi connectivity index (χ2n) is 10.6. The van der Waals surface area contributed by atoms with E-state index < -0.39 is 11.7 Å². The lowest BCUT2D eigenvalue weighted by atomic mass is 9.85. The molecule has 45 heavy (non-hydrogen) atoms. The van der Waals surface area contributed by atoms with Gasteiger partial charge in [0.15, 0.2) is 0 Å². The summed E-state index contributed by atoms with van der Waals surface area (Å²) in [5, 5.41) is 0. The molecule has 0 aliphatic carbocycles. The van der Waals surface area contributed by atoms with E-state index in [2.05, 4.69) is 106 Å². The van der Waals surface area contributed by atoms with Crippen molar-refractivity contribution >= 4 is 33.9 Å². The predicted molar refractivity (Wildman–Crippen MR) is 178 cm³/mol. The summed E-state index contributed by atoms with van der Waals surface area (Å²) >= 11 is 1.09. The van der Waals surface area contributed by atoms with Crippen LogP contribution in [0, 0.1) is 0 Å². The molecule has 0 fully saturated rings. The molecule has 1 aromatic heterocycles. The Morgan fingerprint density at radius 2 is 0.778 bits per heavy atom. The Hall–Kier alpha value is -5.33. The van der Waals surface area contributed by atoms with E-state index in [1.165, 1.54) is 12.1 Å². The van der Waals surface area contributed by atoms with Gasteiger partial charge in [-0.25, -0.2) is 0 Å². The van der Waals surface area contributed by atoms with Crippen LogP contribution in [-0.2, 0) is 6.18 Å². The number of fused-ring (bicyclic) bond motifs is 1. The van der Waals surface area contributed by atoms with Gasteiger partial charge in [-0.2, -0.15) is 21.9 Å². The molecule has 0 saturated carbocycles. The number of alkyl halides is 3. The maximum atomic E-state index is 13.1. The molecule has 0 atom stereocenters. The molecule has 7 aromatic rings. The van der Waals surface area contributed by atoms with Crippen molar-refractivity contribution in [1.82, 2.24) is 8.75 Å². The average Bonchev–Trinajstić information content (AvgIpc) is 3.58. The Balaban J connectivity index is 1.34. The first-order valence-electron chi connectivity index (χ1n) is 14.4. The molecule has 0 spiro atoms. The number of nitrogens with zero attached hydrogens (tertiary/aromatic N) is 2. The summed E-state index contributed by atoms with van der Waals surface area (Å²) in [4.78, 5) is 0. The summed E-state index contributed by atoms with van der Waals surface area (Å²) in [6, 6.07) is 48.8. The van der Waals surface area contributed by atoms with Crippen LogP contribution in [0.2, 0.25) is 0 Å². The largest absolute Gasteiger partial charge is 0.416 e. The van der Waals surface area contributed by atoms with Crippen LogP contribution in [-0.4, -0.2) is 8.75 Å². The first-order valence-corrected chi connectivity index (χ1v) is 15.1. The molecular formula is C39H25F3N2S. The highest BCUT2D eigenvalue weighted by Crippen LogP contribution is 2.39. The van der Waals surface area contributed by atoms with Crippen LogP contribution in [0.4, 0.5) is 13.2 Å². The minimum absolute atomic E-state index is 0.662. The van der Waals surface area contributed by atoms with Gasteiger partial charge in [-0.3, -0.25) is 0 Å². The van der Waals surface area contributed by atoms with E-state index in [-0.39, 0.29) is 0 Å². The monoisotopic (exact) mass is 610 g/mol. The van der Waals surface area contributed by atoms with Crippen LogP contribution in [0.1, 0.15) is 27.8 Å². The van der Waals surface area contributed by atoms with Gasteiger partial charge in [0, 0.05) is 11.1 Å². The second-order valence-corrected chi connectivity index (χ2v) is 11.2. The number of benzene rings is 6. The van der Waals surface area contributed by atoms with Gasteiger partial charge in [-0.05, 0) is 56.7 Å². The lowest BCUT2D eigenvalue weighted by molar-refractivity contribution is -0.137. The zero-order valence-electron chi connectivity index (χ0n) is 23.9. The number of hydrogen-bond donors (Lipinski definition) is 0. The summed E-state index contributed by atoms with van der Waals surface area (Å²) in [6.45, 7) is 0. The Morgan fingerprint density at radius 1 is 0.422 bits per heavy atom. The quantitative estimate of drug-likeness (QED) is 0.175. The number of rotatable bonds is 6. The standard InChI is InChI=1S/C39H25F3N2S/c40-39(41,42)32-22-20-27(21-23-32)34-25-24-33(37-38(34)44-45-43-37)26-16-18-31(19-17-26)36(30-14-8-3-9-15-30)35(28-10-4-1-5-11-28)29-12-6-2-7-13-29/h1-25H. The van der Waals surface area contributed by atoms with Crippen molar-refractivity contribution < 1.29 is 13.2 Å². The molecule has 0 amide bonds. The molecule has 6 aromatic carbocycles. The van der Waals surface area contributed by atoms with Crippen molar-refractivity contribution in [2.24, 2.45) is 0 Å². The molecule has 0 N–H and O–H groups in total. The van der Waals surface area contributed by atoms with Crippen LogP contribution in [0.5, 0.6) is 0 Å². The number of hydrogen-bond acceptors (Lipinski definition) is 3. The van der Waals surface area contributed by atoms with E-state index in [4.69, 9.17) is 0 Å². The molecule has 0 bridgehead atoms. The first kappa shape index (κ1) is 28.4. The highest BCUT2D eigenvalue weighted by atomic mass is 32.1. The van der Waals surface area contributed by atoms with Crippen molar-refractivity contribution in [3.8, 4) is 22.3 Å². The summed E-state index contributed by atoms with van der Waals surface area (Å²) in [5.74, 6) is 0. The zero-order valence-corrected chi connectivity index (χ0v) is 24.7. The summed E-state index contributed by atoms with van der Waals surface area (Å²) in [6.07, 6.45) is -4.38. The van der Waals surface area contributed by atoms with Crippen LogP contribution in [0.25, 0.3) is 44.4 Å². The third kappa shape index (κ3) is 5.68.